The number of hydrogen-bond donors (Lipinski definition) is 1. The summed E-state index contributed by atoms with van der Waals surface area (Å²) in [6.45, 7) is 0. The summed E-state index contributed by atoms with van der Waals surface area (Å²) in [7, 11) is 0. The molecule has 0 radical (unpaired) electrons. The number of carbonyl (C=O) groups excluding carboxylic acids is 1. The maximum atomic E-state index is 12.7. The molecule has 3 nitrogen and oxygen atoms in total. The molecule has 1 amide bonds. The molecular weight excluding hydrogens is 332 g/mol. The molecule has 0 saturated heterocycles. The third-order valence-corrected chi connectivity index (χ3v) is 4.90. The van der Waals surface area contributed by atoms with Gasteiger partial charge < -0.3 is 0 Å². The maximum absolute atomic E-state index is 12.7. The third kappa shape index (κ3) is 3.44. The standard InChI is InChI=1S/C24H20N2O/c27-23(22-15-9-11-19-10-5-6-14-21(19)22)26-25-18-24(16-7-2-8-17-24)20-12-3-1-4-13-20/h1-16,18H,17H2,(H,26,27). The Bertz CT molecular complexity index is 1040. The van der Waals surface area contributed by atoms with Crippen molar-refractivity contribution < 1.29 is 4.79 Å². The predicted octanol–water partition coefficient (Wildman–Crippen LogP) is 5.01. The van der Waals surface area contributed by atoms with Crippen LogP contribution in [0.4, 0.5) is 0 Å². The van der Waals surface area contributed by atoms with Crippen LogP contribution >= 0.6 is 0 Å². The normalized spacial score (nSPS) is 18.8. The lowest BCUT2D eigenvalue weighted by atomic mass is 9.76. The van der Waals surface area contributed by atoms with Crippen LogP contribution in [-0.2, 0) is 5.41 Å². The molecule has 1 atom stereocenters. The quantitative estimate of drug-likeness (QED) is 0.520. The predicted molar refractivity (Wildman–Crippen MR) is 111 cm³/mol. The summed E-state index contributed by atoms with van der Waals surface area (Å²) in [5.41, 5.74) is 4.13. The van der Waals surface area contributed by atoms with Gasteiger partial charge in [0.1, 0.15) is 0 Å². The van der Waals surface area contributed by atoms with Gasteiger partial charge in [0.25, 0.3) is 5.91 Å². The highest BCUT2D eigenvalue weighted by Gasteiger charge is 2.27. The Morgan fingerprint density at radius 3 is 2.52 bits per heavy atom. The second-order valence-corrected chi connectivity index (χ2v) is 6.62. The summed E-state index contributed by atoms with van der Waals surface area (Å²) in [5.74, 6) is -0.207. The number of amides is 1. The summed E-state index contributed by atoms with van der Waals surface area (Å²) < 4.78 is 0. The van der Waals surface area contributed by atoms with Crippen molar-refractivity contribution in [1.82, 2.24) is 5.43 Å². The van der Waals surface area contributed by atoms with Gasteiger partial charge in [-0.25, -0.2) is 5.43 Å². The molecule has 1 aliphatic rings. The van der Waals surface area contributed by atoms with E-state index in [0.717, 1.165) is 22.8 Å². The number of nitrogens with one attached hydrogen (secondary N) is 1. The monoisotopic (exact) mass is 352 g/mol. The molecule has 27 heavy (non-hydrogen) atoms. The second-order valence-electron chi connectivity index (χ2n) is 6.62. The molecule has 0 aromatic heterocycles. The first-order valence-electron chi connectivity index (χ1n) is 9.01. The first-order valence-corrected chi connectivity index (χ1v) is 9.01. The van der Waals surface area contributed by atoms with Crippen LogP contribution in [0, 0.1) is 0 Å². The molecule has 0 aliphatic heterocycles. The number of rotatable bonds is 4. The van der Waals surface area contributed by atoms with Gasteiger partial charge in [0, 0.05) is 11.8 Å². The number of carbonyl (C=O) groups is 1. The van der Waals surface area contributed by atoms with Crippen LogP contribution in [0.1, 0.15) is 22.3 Å². The van der Waals surface area contributed by atoms with Crippen LogP contribution < -0.4 is 5.43 Å². The molecule has 3 aromatic carbocycles. The highest BCUT2D eigenvalue weighted by atomic mass is 16.2. The number of nitrogens with zero attached hydrogens (tertiary/aromatic N) is 1. The average Bonchev–Trinajstić information content (AvgIpc) is 2.74. The molecule has 1 unspecified atom stereocenters. The molecule has 0 bridgehead atoms. The highest BCUT2D eigenvalue weighted by molar-refractivity contribution is 6.07. The SMILES string of the molecule is O=C(NN=CC1(c2ccccc2)C=CC=CC1)c1cccc2ccccc12. The fourth-order valence-electron chi connectivity index (χ4n) is 3.46. The van der Waals surface area contributed by atoms with Gasteiger partial charge >= 0.3 is 0 Å². The Hall–Kier alpha value is -3.46. The maximum Gasteiger partial charge on any atom is 0.271 e. The third-order valence-electron chi connectivity index (χ3n) is 4.90. The fourth-order valence-corrected chi connectivity index (χ4v) is 3.46. The van der Waals surface area contributed by atoms with Gasteiger partial charge in [-0.05, 0) is 28.8 Å². The zero-order valence-corrected chi connectivity index (χ0v) is 14.9. The highest BCUT2D eigenvalue weighted by Crippen LogP contribution is 2.30. The van der Waals surface area contributed by atoms with E-state index in [9.17, 15) is 4.79 Å². The van der Waals surface area contributed by atoms with E-state index in [4.69, 9.17) is 0 Å². The number of fused-ring (bicyclic) bond motifs is 1. The van der Waals surface area contributed by atoms with Crippen LogP contribution in [0.3, 0.4) is 0 Å². The number of hydrazone groups is 1. The van der Waals surface area contributed by atoms with Gasteiger partial charge in [-0.2, -0.15) is 5.10 Å². The molecule has 3 aromatic rings. The van der Waals surface area contributed by atoms with E-state index in [1.165, 1.54) is 0 Å². The molecule has 0 spiro atoms. The van der Waals surface area contributed by atoms with Gasteiger partial charge in [-0.1, -0.05) is 91.0 Å². The molecule has 4 rings (SSSR count). The Morgan fingerprint density at radius 2 is 1.70 bits per heavy atom. The van der Waals surface area contributed by atoms with E-state index >= 15 is 0 Å². The largest absolute Gasteiger partial charge is 0.271 e. The number of hydrogen-bond acceptors (Lipinski definition) is 2. The van der Waals surface area contributed by atoms with Crippen LogP contribution in [0.5, 0.6) is 0 Å². The second kappa shape index (κ2) is 7.42. The zero-order chi connectivity index (χ0) is 18.5. The molecule has 0 heterocycles. The van der Waals surface area contributed by atoms with Crippen LogP contribution in [0.2, 0.25) is 0 Å². The van der Waals surface area contributed by atoms with Gasteiger partial charge in [0.05, 0.1) is 5.41 Å². The number of allylic oxidation sites excluding steroid dienone is 4. The van der Waals surface area contributed by atoms with E-state index in [2.05, 4.69) is 34.8 Å². The Morgan fingerprint density at radius 1 is 0.926 bits per heavy atom. The van der Waals surface area contributed by atoms with Crippen LogP contribution in [-0.4, -0.2) is 12.1 Å². The van der Waals surface area contributed by atoms with E-state index in [0.29, 0.717) is 5.56 Å². The molecule has 1 aliphatic carbocycles. The van der Waals surface area contributed by atoms with E-state index in [1.54, 1.807) is 0 Å². The van der Waals surface area contributed by atoms with Crippen molar-refractivity contribution in [1.29, 1.82) is 0 Å². The molecule has 0 fully saturated rings. The van der Waals surface area contributed by atoms with Crippen molar-refractivity contribution in [2.24, 2.45) is 5.10 Å². The minimum Gasteiger partial charge on any atom is -0.267 e. The summed E-state index contributed by atoms with van der Waals surface area (Å²) in [5, 5.41) is 6.28. The molecule has 0 saturated carbocycles. The molecule has 3 heteroatoms. The van der Waals surface area contributed by atoms with Crippen molar-refractivity contribution in [2.75, 3.05) is 0 Å². The van der Waals surface area contributed by atoms with Crippen molar-refractivity contribution in [3.8, 4) is 0 Å². The Labute approximate surface area is 158 Å². The van der Waals surface area contributed by atoms with Crippen molar-refractivity contribution in [3.63, 3.8) is 0 Å². The zero-order valence-electron chi connectivity index (χ0n) is 14.9. The van der Waals surface area contributed by atoms with E-state index in [1.807, 2.05) is 79.0 Å². The Balaban J connectivity index is 1.59. The van der Waals surface area contributed by atoms with Gasteiger partial charge in [-0.3, -0.25) is 4.79 Å². The molecule has 132 valence electrons. The topological polar surface area (TPSA) is 41.5 Å². The van der Waals surface area contributed by atoms with Gasteiger partial charge in [0.15, 0.2) is 0 Å². The lowest BCUT2D eigenvalue weighted by Crippen LogP contribution is -2.28. The lowest BCUT2D eigenvalue weighted by Gasteiger charge is -2.27. The lowest BCUT2D eigenvalue weighted by molar-refractivity contribution is 0.0956. The van der Waals surface area contributed by atoms with Crippen molar-refractivity contribution in [3.05, 3.63) is 108 Å². The van der Waals surface area contributed by atoms with Gasteiger partial charge in [-0.15, -0.1) is 0 Å². The first kappa shape index (κ1) is 17.0. The number of benzene rings is 3. The van der Waals surface area contributed by atoms with E-state index in [-0.39, 0.29) is 11.3 Å². The fraction of sp³-hybridized carbons (Fsp3) is 0.0833. The summed E-state index contributed by atoms with van der Waals surface area (Å²) in [4.78, 5) is 12.7. The molecular formula is C24H20N2O. The van der Waals surface area contributed by atoms with Crippen molar-refractivity contribution >= 4 is 22.9 Å². The summed E-state index contributed by atoms with van der Waals surface area (Å²) in [6.07, 6.45) is 10.9. The smallest absolute Gasteiger partial charge is 0.267 e. The average molecular weight is 352 g/mol. The summed E-state index contributed by atoms with van der Waals surface area (Å²) in [6, 6.07) is 23.8. The van der Waals surface area contributed by atoms with Crippen LogP contribution in [0.15, 0.2) is 102 Å². The minimum atomic E-state index is -0.345. The van der Waals surface area contributed by atoms with E-state index < -0.39 is 0 Å². The minimum absolute atomic E-state index is 0.207. The van der Waals surface area contributed by atoms with Crippen LogP contribution in [0.25, 0.3) is 10.8 Å². The molecule has 1 N–H and O–H groups in total. The summed E-state index contributed by atoms with van der Waals surface area (Å²) >= 11 is 0. The van der Waals surface area contributed by atoms with Crippen molar-refractivity contribution in [2.45, 2.75) is 11.8 Å². The first-order chi connectivity index (χ1) is 13.3. The van der Waals surface area contributed by atoms with Gasteiger partial charge in [0.2, 0.25) is 0 Å². The Kier molecular flexibility index (Phi) is 4.67.